The van der Waals surface area contributed by atoms with Crippen LogP contribution in [-0.4, -0.2) is 65.4 Å². The number of aromatic nitrogens is 3. The van der Waals surface area contributed by atoms with Crippen molar-refractivity contribution < 1.29 is 44.8 Å². The molecule has 6 N–H and O–H groups in total. The molecule has 0 spiro atoms. The van der Waals surface area contributed by atoms with Crippen LogP contribution in [0.4, 0.5) is 0 Å². The molecule has 12 nitrogen and oxygen atoms in total. The molecule has 8 aromatic carbocycles. The van der Waals surface area contributed by atoms with E-state index < -0.39 is 0 Å². The van der Waals surface area contributed by atoms with Gasteiger partial charge in [0.15, 0.2) is 0 Å². The quantitative estimate of drug-likeness (QED) is 0.0158. The molecular formula is C132H129N3O9. The Morgan fingerprint density at radius 2 is 0.382 bits per heavy atom. The minimum Gasteiger partial charge on any atom is -0.505 e. The Hall–Kier alpha value is -15.9. The number of phenols is 6. The van der Waals surface area contributed by atoms with Gasteiger partial charge in [-0.05, 0) is 268 Å². The van der Waals surface area contributed by atoms with Crippen molar-refractivity contribution in [3.63, 3.8) is 0 Å². The van der Waals surface area contributed by atoms with Gasteiger partial charge in [-0.15, -0.1) is 0 Å². The van der Waals surface area contributed by atoms with E-state index in [0.717, 1.165) is 207 Å². The lowest BCUT2D eigenvalue weighted by molar-refractivity contribution is 0.305. The number of aromatic hydroxyl groups is 6. The topological polar surface area (TPSA) is 188 Å². The minimum absolute atomic E-state index is 0.107. The molecule has 6 heterocycles. The van der Waals surface area contributed by atoms with Crippen LogP contribution in [0.5, 0.6) is 51.7 Å². The fourth-order valence-electron chi connectivity index (χ4n) is 16.8. The zero-order chi connectivity index (χ0) is 101. The van der Waals surface area contributed by atoms with Gasteiger partial charge in [0.25, 0.3) is 0 Å². The van der Waals surface area contributed by atoms with E-state index in [4.69, 9.17) is 29.2 Å². The summed E-state index contributed by atoms with van der Waals surface area (Å²) in [6, 6.07) is 44.7. The highest BCUT2D eigenvalue weighted by Crippen LogP contribution is 2.35. The number of nitrogens with zero attached hydrogens (tertiary/aromatic N) is 3. The van der Waals surface area contributed by atoms with E-state index in [-0.39, 0.29) is 34.5 Å². The largest absolute Gasteiger partial charge is 0.505 e. The molecule has 0 atom stereocenters. The van der Waals surface area contributed by atoms with Crippen LogP contribution < -0.4 is 14.2 Å². The second-order valence-corrected chi connectivity index (χ2v) is 36.9. The Morgan fingerprint density at radius 3 is 0.604 bits per heavy atom. The van der Waals surface area contributed by atoms with Gasteiger partial charge in [0.2, 0.25) is 0 Å². The van der Waals surface area contributed by atoms with Crippen LogP contribution in [0.3, 0.4) is 0 Å². The maximum absolute atomic E-state index is 12.8. The van der Waals surface area contributed by atoms with E-state index in [0.29, 0.717) is 210 Å². The maximum atomic E-state index is 12.8. The van der Waals surface area contributed by atoms with Crippen LogP contribution in [0.2, 0.25) is 0 Å². The predicted molar refractivity (Wildman–Crippen MR) is 580 cm³/mol. The molecule has 14 rings (SSSR count). The van der Waals surface area contributed by atoms with Crippen molar-refractivity contribution in [2.45, 2.75) is 274 Å². The average Bonchev–Trinajstić information content (AvgIpc) is 0.827. The normalized spacial score (nSPS) is 11.1. The first-order chi connectivity index (χ1) is 70.4. The molecule has 0 saturated carbocycles. The molecule has 3 aromatic heterocycles. The van der Waals surface area contributed by atoms with Gasteiger partial charge in [-0.3, -0.25) is 0 Å². The summed E-state index contributed by atoms with van der Waals surface area (Å²) in [7, 11) is 0. The van der Waals surface area contributed by atoms with Crippen LogP contribution in [0.1, 0.15) is 403 Å². The number of aryl methyl sites for hydroxylation is 6. The monoisotopic (exact) mass is 1900 g/mol. The van der Waals surface area contributed by atoms with Crippen LogP contribution in [0.25, 0.3) is 0 Å². The molecule has 0 radical (unpaired) electrons. The lowest BCUT2D eigenvalue weighted by Crippen LogP contribution is -1.99. The summed E-state index contributed by atoms with van der Waals surface area (Å²) in [5.74, 6) is 80.9. The molecule has 12 heteroatoms. The van der Waals surface area contributed by atoms with Gasteiger partial charge in [0.1, 0.15) is 85.9 Å². The van der Waals surface area contributed by atoms with E-state index in [1.54, 1.807) is 36.4 Å². The van der Waals surface area contributed by atoms with Gasteiger partial charge < -0.3 is 44.8 Å². The summed E-state index contributed by atoms with van der Waals surface area (Å²) >= 11 is 0. The van der Waals surface area contributed by atoms with Gasteiger partial charge >= 0.3 is 0 Å². The molecule has 0 aliphatic carbocycles. The van der Waals surface area contributed by atoms with Crippen LogP contribution in [0, 0.1) is 142 Å². The molecule has 3 aliphatic heterocycles. The van der Waals surface area contributed by atoms with Gasteiger partial charge in [0.05, 0.1) is 86.6 Å². The third kappa shape index (κ3) is 31.8. The third-order valence-corrected chi connectivity index (χ3v) is 24.8. The third-order valence-electron chi connectivity index (χ3n) is 24.8. The Morgan fingerprint density at radius 1 is 0.188 bits per heavy atom. The fourth-order valence-corrected chi connectivity index (χ4v) is 16.8. The highest BCUT2D eigenvalue weighted by molar-refractivity contribution is 5.70. The molecule has 0 amide bonds. The van der Waals surface area contributed by atoms with E-state index in [2.05, 4.69) is 204 Å². The SMILES string of the molecule is CCCCCOc1cc2nc(c1)C#Cc1cc(CCCCC)cc(c1O)C#Cc1cc3cc(c1)C#Cc1c(CCCCC)ccc(c1O)C#Cc1cc(OCCCCC)cc(n1)C#Cc1cc(CCCCC)cc(c1O)C#Cc1cc(cc(c1)C#Cc1cc(CCCCC)cc(c1O)C#Cc1cc(OCCCCC)cc(n1)C#Cc1cc(CCCCC)cc(c1O)C#C3)C#Cc1cc(CCCCC)cc(c1O)C#C2. The number of unbranched alkanes of at least 4 members (excludes halogenated alkanes) is 18. The summed E-state index contributed by atoms with van der Waals surface area (Å²) < 4.78 is 19.4. The molecule has 3 aliphatic rings. The van der Waals surface area contributed by atoms with Crippen LogP contribution in [0.15, 0.2) is 146 Å². The van der Waals surface area contributed by atoms with Crippen molar-refractivity contribution in [2.75, 3.05) is 19.8 Å². The molecule has 11 aromatic rings. The maximum Gasteiger partial charge on any atom is 0.147 e. The Kier molecular flexibility index (Phi) is 40.5. The lowest BCUT2D eigenvalue weighted by Gasteiger charge is -2.09. The summed E-state index contributed by atoms with van der Waals surface area (Å²) in [5, 5.41) is 75.9. The second-order valence-electron chi connectivity index (χ2n) is 36.9. The van der Waals surface area contributed by atoms with Crippen molar-refractivity contribution >= 4 is 0 Å². The first-order valence-electron chi connectivity index (χ1n) is 52.0. The van der Waals surface area contributed by atoms with Crippen LogP contribution in [-0.2, 0) is 38.5 Å². The molecular weight excluding hydrogens is 1770 g/mol. The van der Waals surface area contributed by atoms with Gasteiger partial charge in [0, 0.05) is 69.8 Å². The summed E-state index contributed by atoms with van der Waals surface area (Å²) in [6.45, 7) is 20.7. The molecule has 24 bridgehead atoms. The predicted octanol–water partition coefficient (Wildman–Crippen LogP) is 26.6. The smallest absolute Gasteiger partial charge is 0.147 e. The lowest BCUT2D eigenvalue weighted by atomic mass is 9.97. The molecule has 144 heavy (non-hydrogen) atoms. The number of hydrogen-bond donors (Lipinski definition) is 6. The van der Waals surface area contributed by atoms with Gasteiger partial charge in [-0.1, -0.05) is 291 Å². The standard InChI is InChI=1S/C132H129N3O9/c1-10-19-28-37-94-78-107-49-43-99-72-100-44-50-108-79-95(38-29-20-11-2)84-113(128(108)137)58-64-119-90-124(143-70-35-26-17-8)92-121(134-119)66-60-115-86-97(40-31-22-13-4)81-110(130(115)139)52-46-102-75-103(77-104(76-102)48-68-126-105(42-33-24-15-6)54-55-106(132(126)141)56-62-117-88-123(142-69-34-25-16-7)89-118(133-117)63-57-112(83-94)127(107)136)47-53-111-82-98(41-32-23-14-5)87-116(131(111)140)61-67-122-93-125(144-71-36-27-18-9)91-120(135-122)65-59-114-85-96(39-30-21-12-3)80-109(129(114)138)51-45-101(73-99)74-100/h54-55,72-93,136-141H,10-42,69-71H2,1-9H3. The number of phenolic OH excluding ortho intramolecular Hbond substituents is 6. The summed E-state index contributed by atoms with van der Waals surface area (Å²) in [5.41, 5.74) is 14.5. The number of hydrogen-bond acceptors (Lipinski definition) is 12. The van der Waals surface area contributed by atoms with Crippen molar-refractivity contribution in [3.05, 3.63) is 313 Å². The minimum atomic E-state index is -0.130. The van der Waals surface area contributed by atoms with E-state index >= 15 is 0 Å². The van der Waals surface area contributed by atoms with E-state index in [9.17, 15) is 30.6 Å². The number of pyridine rings is 3. The van der Waals surface area contributed by atoms with Crippen molar-refractivity contribution in [3.8, 4) is 194 Å². The first-order valence-corrected chi connectivity index (χ1v) is 52.0. The molecule has 0 saturated heterocycles. The second kappa shape index (κ2) is 55.4. The zero-order valence-corrected chi connectivity index (χ0v) is 85.1. The van der Waals surface area contributed by atoms with E-state index in [1.165, 1.54) is 0 Å². The Balaban J connectivity index is 1.13. The first kappa shape index (κ1) is 105. The van der Waals surface area contributed by atoms with Crippen molar-refractivity contribution in [1.29, 1.82) is 0 Å². The highest BCUT2D eigenvalue weighted by Gasteiger charge is 2.19. The van der Waals surface area contributed by atoms with Crippen molar-refractivity contribution in [2.24, 2.45) is 0 Å². The summed E-state index contributed by atoms with van der Waals surface area (Å²) in [6.07, 6.45) is 29.4. The number of rotatable bonds is 39. The molecule has 0 fully saturated rings. The Bertz CT molecular complexity index is 7040. The molecule has 0 unspecified atom stereocenters. The summed E-state index contributed by atoms with van der Waals surface area (Å²) in [4.78, 5) is 15.0. The van der Waals surface area contributed by atoms with Gasteiger partial charge in [-0.2, -0.15) is 0 Å². The number of ether oxygens (including phenoxy) is 3. The van der Waals surface area contributed by atoms with Crippen molar-refractivity contribution in [1.82, 2.24) is 15.0 Å². The zero-order valence-electron chi connectivity index (χ0n) is 85.1. The Labute approximate surface area is 855 Å². The number of benzene rings is 8. The molecule has 726 valence electrons. The van der Waals surface area contributed by atoms with E-state index in [1.807, 2.05) is 109 Å². The van der Waals surface area contributed by atoms with Gasteiger partial charge in [-0.25, -0.2) is 15.0 Å². The average molecular weight is 1900 g/mol. The van der Waals surface area contributed by atoms with Crippen LogP contribution >= 0.6 is 0 Å². The highest BCUT2D eigenvalue weighted by atomic mass is 16.5. The fraction of sp³-hybridized carbons (Fsp3) is 0.341.